The Balaban J connectivity index is 2.59. The molecule has 2 rings (SSSR count). The van der Waals surface area contributed by atoms with Crippen molar-refractivity contribution in [2.75, 3.05) is 0 Å². The predicted molar refractivity (Wildman–Crippen MR) is 72.1 cm³/mol. The van der Waals surface area contributed by atoms with Crippen LogP contribution < -0.4 is 0 Å². The van der Waals surface area contributed by atoms with Crippen molar-refractivity contribution in [2.24, 2.45) is 0 Å². The standard InChI is InChI=1S/C13H14ClN3O2/c1-3-4-9-11(13(18)19)12(14)17(16-9)10-7-8(2)5-6-15-10/h5-7H,3-4H2,1-2H3,(H,18,19). The van der Waals surface area contributed by atoms with E-state index >= 15 is 0 Å². The minimum absolute atomic E-state index is 0.0619. The average Bonchev–Trinajstić information content (AvgIpc) is 2.67. The van der Waals surface area contributed by atoms with Gasteiger partial charge in [-0.2, -0.15) is 5.10 Å². The summed E-state index contributed by atoms with van der Waals surface area (Å²) in [5.74, 6) is -0.540. The van der Waals surface area contributed by atoms with Crippen LogP contribution in [0.3, 0.4) is 0 Å². The third-order valence-corrected chi connectivity index (χ3v) is 3.07. The van der Waals surface area contributed by atoms with Gasteiger partial charge in [0.15, 0.2) is 5.82 Å². The molecular weight excluding hydrogens is 266 g/mol. The van der Waals surface area contributed by atoms with Crippen LogP contribution in [0, 0.1) is 6.92 Å². The first kappa shape index (κ1) is 13.5. The second kappa shape index (κ2) is 5.40. The van der Waals surface area contributed by atoms with Gasteiger partial charge in [-0.05, 0) is 31.0 Å². The van der Waals surface area contributed by atoms with Crippen molar-refractivity contribution in [3.63, 3.8) is 0 Å². The summed E-state index contributed by atoms with van der Waals surface area (Å²) in [5, 5.41) is 13.6. The first-order valence-corrected chi connectivity index (χ1v) is 6.36. The molecule has 0 saturated heterocycles. The molecule has 6 heteroatoms. The molecule has 0 aliphatic rings. The van der Waals surface area contributed by atoms with Crippen LogP contribution in [-0.2, 0) is 6.42 Å². The van der Waals surface area contributed by atoms with Gasteiger partial charge in [0.2, 0.25) is 0 Å². The highest BCUT2D eigenvalue weighted by molar-refractivity contribution is 6.32. The van der Waals surface area contributed by atoms with E-state index in [1.54, 1.807) is 12.3 Å². The van der Waals surface area contributed by atoms with E-state index in [4.69, 9.17) is 11.6 Å². The molecule has 0 aromatic carbocycles. The number of hydrogen-bond acceptors (Lipinski definition) is 3. The summed E-state index contributed by atoms with van der Waals surface area (Å²) in [5.41, 5.74) is 1.56. The van der Waals surface area contributed by atoms with Crippen molar-refractivity contribution in [3.8, 4) is 5.82 Å². The van der Waals surface area contributed by atoms with E-state index in [2.05, 4.69) is 10.1 Å². The first-order chi connectivity index (χ1) is 9.04. The van der Waals surface area contributed by atoms with Crippen LogP contribution in [0.5, 0.6) is 0 Å². The maximum atomic E-state index is 11.3. The van der Waals surface area contributed by atoms with Crippen LogP contribution in [0.4, 0.5) is 0 Å². The van der Waals surface area contributed by atoms with E-state index in [1.165, 1.54) is 4.68 Å². The van der Waals surface area contributed by atoms with Gasteiger partial charge in [-0.3, -0.25) is 0 Å². The Morgan fingerprint density at radius 2 is 2.26 bits per heavy atom. The number of aryl methyl sites for hydroxylation is 2. The highest BCUT2D eigenvalue weighted by atomic mass is 35.5. The quantitative estimate of drug-likeness (QED) is 0.934. The molecule has 0 aliphatic heterocycles. The molecule has 2 aromatic rings. The number of aromatic nitrogens is 3. The van der Waals surface area contributed by atoms with Gasteiger partial charge in [0.1, 0.15) is 10.7 Å². The van der Waals surface area contributed by atoms with Gasteiger partial charge < -0.3 is 5.11 Å². The van der Waals surface area contributed by atoms with E-state index in [9.17, 15) is 9.90 Å². The lowest BCUT2D eigenvalue weighted by molar-refractivity contribution is 0.0696. The number of hydrogen-bond donors (Lipinski definition) is 1. The maximum absolute atomic E-state index is 11.3. The number of halogens is 1. The lowest BCUT2D eigenvalue weighted by atomic mass is 10.2. The van der Waals surface area contributed by atoms with Crippen LogP contribution in [0.1, 0.15) is 35.0 Å². The molecule has 2 aromatic heterocycles. The van der Waals surface area contributed by atoms with E-state index < -0.39 is 5.97 Å². The van der Waals surface area contributed by atoms with Crippen LogP contribution in [0.2, 0.25) is 5.15 Å². The van der Waals surface area contributed by atoms with Crippen LogP contribution >= 0.6 is 11.6 Å². The maximum Gasteiger partial charge on any atom is 0.340 e. The molecular formula is C13H14ClN3O2. The molecule has 0 fully saturated rings. The number of carboxylic acid groups (broad SMARTS) is 1. The zero-order valence-electron chi connectivity index (χ0n) is 10.7. The molecule has 0 spiro atoms. The van der Waals surface area contributed by atoms with Crippen molar-refractivity contribution in [1.29, 1.82) is 0 Å². The summed E-state index contributed by atoms with van der Waals surface area (Å²) in [6.07, 6.45) is 3.01. The molecule has 0 radical (unpaired) electrons. The smallest absolute Gasteiger partial charge is 0.340 e. The molecule has 0 bridgehead atoms. The summed E-state index contributed by atoms with van der Waals surface area (Å²) in [7, 11) is 0. The number of pyridine rings is 1. The van der Waals surface area contributed by atoms with Crippen molar-refractivity contribution in [2.45, 2.75) is 26.7 Å². The van der Waals surface area contributed by atoms with Gasteiger partial charge in [-0.1, -0.05) is 24.9 Å². The molecule has 19 heavy (non-hydrogen) atoms. The molecule has 2 heterocycles. The molecule has 0 atom stereocenters. The van der Waals surface area contributed by atoms with E-state index in [-0.39, 0.29) is 10.7 Å². The van der Waals surface area contributed by atoms with E-state index in [0.29, 0.717) is 17.9 Å². The minimum atomic E-state index is -1.06. The molecule has 5 nitrogen and oxygen atoms in total. The highest BCUT2D eigenvalue weighted by Crippen LogP contribution is 2.24. The SMILES string of the molecule is CCCc1nn(-c2cc(C)ccn2)c(Cl)c1C(=O)O. The lowest BCUT2D eigenvalue weighted by Gasteiger charge is -2.02. The largest absolute Gasteiger partial charge is 0.478 e. The van der Waals surface area contributed by atoms with Gasteiger partial charge in [-0.25, -0.2) is 14.5 Å². The average molecular weight is 280 g/mol. The van der Waals surface area contributed by atoms with Crippen LogP contribution in [-0.4, -0.2) is 25.8 Å². The van der Waals surface area contributed by atoms with Crippen molar-refractivity contribution >= 4 is 17.6 Å². The minimum Gasteiger partial charge on any atom is -0.478 e. The fourth-order valence-corrected chi connectivity index (χ4v) is 2.17. The monoisotopic (exact) mass is 279 g/mol. The van der Waals surface area contributed by atoms with Gasteiger partial charge >= 0.3 is 5.97 Å². The number of carboxylic acids is 1. The number of aromatic carboxylic acids is 1. The second-order valence-corrected chi connectivity index (χ2v) is 4.63. The zero-order chi connectivity index (χ0) is 14.0. The summed E-state index contributed by atoms with van der Waals surface area (Å²) in [6, 6.07) is 3.66. The third-order valence-electron chi connectivity index (χ3n) is 2.72. The number of carbonyl (C=O) groups is 1. The van der Waals surface area contributed by atoms with E-state index in [0.717, 1.165) is 12.0 Å². The van der Waals surface area contributed by atoms with Gasteiger partial charge in [0.25, 0.3) is 0 Å². The van der Waals surface area contributed by atoms with Gasteiger partial charge in [-0.15, -0.1) is 0 Å². The Hall–Kier alpha value is -1.88. The summed E-state index contributed by atoms with van der Waals surface area (Å²) >= 11 is 6.13. The second-order valence-electron chi connectivity index (χ2n) is 4.27. The Labute approximate surface area is 115 Å². The molecule has 0 saturated carbocycles. The Morgan fingerprint density at radius 1 is 1.53 bits per heavy atom. The summed E-state index contributed by atoms with van der Waals surface area (Å²) in [4.78, 5) is 15.4. The molecule has 0 amide bonds. The highest BCUT2D eigenvalue weighted by Gasteiger charge is 2.22. The fraction of sp³-hybridized carbons (Fsp3) is 0.308. The molecule has 0 unspecified atom stereocenters. The van der Waals surface area contributed by atoms with Crippen LogP contribution in [0.25, 0.3) is 5.82 Å². The van der Waals surface area contributed by atoms with Crippen molar-refractivity contribution in [1.82, 2.24) is 14.8 Å². The third kappa shape index (κ3) is 2.61. The summed E-state index contributed by atoms with van der Waals surface area (Å²) in [6.45, 7) is 3.89. The molecule has 0 aliphatic carbocycles. The van der Waals surface area contributed by atoms with Crippen LogP contribution in [0.15, 0.2) is 18.3 Å². The van der Waals surface area contributed by atoms with Gasteiger partial charge in [0.05, 0.1) is 5.69 Å². The zero-order valence-corrected chi connectivity index (χ0v) is 11.5. The topological polar surface area (TPSA) is 68.0 Å². The Bertz CT molecular complexity index is 622. The first-order valence-electron chi connectivity index (χ1n) is 5.98. The summed E-state index contributed by atoms with van der Waals surface area (Å²) < 4.78 is 1.38. The van der Waals surface area contributed by atoms with Crippen molar-refractivity contribution in [3.05, 3.63) is 40.3 Å². The van der Waals surface area contributed by atoms with E-state index in [1.807, 2.05) is 19.9 Å². The Kier molecular flexibility index (Phi) is 3.85. The number of nitrogens with zero attached hydrogens (tertiary/aromatic N) is 3. The van der Waals surface area contributed by atoms with Gasteiger partial charge in [0, 0.05) is 6.20 Å². The molecule has 1 N–H and O–H groups in total. The fourth-order valence-electron chi connectivity index (χ4n) is 1.85. The van der Waals surface area contributed by atoms with Crippen molar-refractivity contribution < 1.29 is 9.90 Å². The predicted octanol–water partition coefficient (Wildman–Crippen LogP) is 2.88. The number of rotatable bonds is 4. The lowest BCUT2D eigenvalue weighted by Crippen LogP contribution is -2.01. The Morgan fingerprint density at radius 3 is 2.84 bits per heavy atom. The molecule has 100 valence electrons. The normalized spacial score (nSPS) is 10.7.